The minimum absolute atomic E-state index is 0.180. The van der Waals surface area contributed by atoms with Gasteiger partial charge in [0.1, 0.15) is 12.2 Å². The highest BCUT2D eigenvalue weighted by molar-refractivity contribution is 6.32. The van der Waals surface area contributed by atoms with Crippen LogP contribution in [0.2, 0.25) is 5.02 Å². The number of benzene rings is 1. The molecule has 11 heteroatoms. The molecular formula is C14H10ClF3N6O. The lowest BCUT2D eigenvalue weighted by Gasteiger charge is -2.06. The van der Waals surface area contributed by atoms with E-state index in [0.29, 0.717) is 10.7 Å². The van der Waals surface area contributed by atoms with Crippen molar-refractivity contribution in [2.24, 2.45) is 0 Å². The third-order valence-corrected chi connectivity index (χ3v) is 3.53. The first-order chi connectivity index (χ1) is 11.8. The van der Waals surface area contributed by atoms with E-state index in [-0.39, 0.29) is 23.7 Å². The molecule has 0 spiro atoms. The molecule has 0 unspecified atom stereocenters. The second-order valence-electron chi connectivity index (χ2n) is 5.08. The Morgan fingerprint density at radius 3 is 2.56 bits per heavy atom. The number of hydrogen-bond donors (Lipinski definition) is 0. The lowest BCUT2D eigenvalue weighted by Crippen LogP contribution is -2.10. The van der Waals surface area contributed by atoms with Crippen LogP contribution in [-0.4, -0.2) is 35.8 Å². The molecule has 130 valence electrons. The summed E-state index contributed by atoms with van der Waals surface area (Å²) in [5.74, 6) is -1.62. The third-order valence-electron chi connectivity index (χ3n) is 3.21. The van der Waals surface area contributed by atoms with Gasteiger partial charge in [0.05, 0.1) is 16.4 Å². The van der Waals surface area contributed by atoms with Gasteiger partial charge >= 0.3 is 6.18 Å². The summed E-state index contributed by atoms with van der Waals surface area (Å²) in [4.78, 5) is 12.6. The van der Waals surface area contributed by atoms with Gasteiger partial charge in [0.2, 0.25) is 0 Å². The maximum atomic E-state index is 12.5. The first kappa shape index (κ1) is 17.1. The summed E-state index contributed by atoms with van der Waals surface area (Å²) in [5.41, 5.74) is 0.999. The Hall–Kier alpha value is -2.75. The number of tetrazole rings is 1. The molecular weight excluding hydrogens is 361 g/mol. The molecule has 2 aromatic heterocycles. The highest BCUT2D eigenvalue weighted by Gasteiger charge is 2.36. The Morgan fingerprint density at radius 2 is 1.96 bits per heavy atom. The van der Waals surface area contributed by atoms with Gasteiger partial charge in [-0.25, -0.2) is 4.68 Å². The van der Waals surface area contributed by atoms with Crippen molar-refractivity contribution < 1.29 is 18.0 Å². The van der Waals surface area contributed by atoms with Crippen LogP contribution in [-0.2, 0) is 12.7 Å². The Balaban J connectivity index is 1.96. The molecule has 0 radical (unpaired) electrons. The molecule has 3 rings (SSSR count). The van der Waals surface area contributed by atoms with E-state index in [1.807, 2.05) is 0 Å². The van der Waals surface area contributed by atoms with E-state index in [4.69, 9.17) is 11.6 Å². The second kappa shape index (κ2) is 6.28. The Bertz CT molecular complexity index is 933. The van der Waals surface area contributed by atoms with Crippen LogP contribution in [0.5, 0.6) is 0 Å². The van der Waals surface area contributed by atoms with Crippen molar-refractivity contribution in [3.8, 4) is 5.69 Å². The van der Waals surface area contributed by atoms with Crippen molar-refractivity contribution in [1.82, 2.24) is 30.0 Å². The van der Waals surface area contributed by atoms with E-state index in [1.54, 1.807) is 24.3 Å². The van der Waals surface area contributed by atoms with Gasteiger partial charge in [0.25, 0.3) is 5.82 Å². The van der Waals surface area contributed by atoms with Crippen LogP contribution in [0.4, 0.5) is 13.2 Å². The molecule has 0 amide bonds. The van der Waals surface area contributed by atoms with Crippen LogP contribution < -0.4 is 0 Å². The molecule has 0 fully saturated rings. The van der Waals surface area contributed by atoms with Crippen LogP contribution in [0.25, 0.3) is 5.69 Å². The molecule has 0 bridgehead atoms. The van der Waals surface area contributed by atoms with Crippen LogP contribution in [0, 0.1) is 0 Å². The molecule has 25 heavy (non-hydrogen) atoms. The summed E-state index contributed by atoms with van der Waals surface area (Å²) >= 11 is 6.12. The number of para-hydroxylation sites is 1. The highest BCUT2D eigenvalue weighted by Crippen LogP contribution is 2.25. The Morgan fingerprint density at radius 1 is 1.24 bits per heavy atom. The van der Waals surface area contributed by atoms with Gasteiger partial charge in [0, 0.05) is 6.92 Å². The van der Waals surface area contributed by atoms with E-state index in [1.165, 1.54) is 17.7 Å². The monoisotopic (exact) mass is 370 g/mol. The van der Waals surface area contributed by atoms with Crippen molar-refractivity contribution >= 4 is 17.4 Å². The molecule has 0 aliphatic carbocycles. The van der Waals surface area contributed by atoms with Gasteiger partial charge in [-0.05, 0) is 23.4 Å². The van der Waals surface area contributed by atoms with Crippen LogP contribution in [0.15, 0.2) is 30.3 Å². The predicted molar refractivity (Wildman–Crippen MR) is 80.5 cm³/mol. The summed E-state index contributed by atoms with van der Waals surface area (Å²) in [6.07, 6.45) is -4.68. The molecule has 1 aromatic carbocycles. The Labute approximate surface area is 144 Å². The number of hydrogen-bond acceptors (Lipinski definition) is 5. The van der Waals surface area contributed by atoms with Crippen LogP contribution in [0.1, 0.15) is 28.9 Å². The third kappa shape index (κ3) is 3.53. The quantitative estimate of drug-likeness (QED) is 0.660. The number of rotatable bonds is 4. The average molecular weight is 371 g/mol. The van der Waals surface area contributed by atoms with Crippen molar-refractivity contribution in [3.63, 3.8) is 0 Å². The number of carbonyl (C=O) groups excluding carboxylic acids is 1. The fourth-order valence-corrected chi connectivity index (χ4v) is 2.35. The average Bonchev–Trinajstić information content (AvgIpc) is 3.15. The number of nitrogens with zero attached hydrogens (tertiary/aromatic N) is 6. The van der Waals surface area contributed by atoms with Crippen LogP contribution >= 0.6 is 11.6 Å². The van der Waals surface area contributed by atoms with E-state index in [0.717, 1.165) is 4.80 Å². The second-order valence-corrected chi connectivity index (χ2v) is 5.49. The zero-order valence-corrected chi connectivity index (χ0v) is 13.5. The number of aromatic nitrogens is 6. The van der Waals surface area contributed by atoms with Gasteiger partial charge in [-0.3, -0.25) is 4.79 Å². The summed E-state index contributed by atoms with van der Waals surface area (Å²) in [6, 6.07) is 8.20. The minimum Gasteiger partial charge on any atom is -0.293 e. The van der Waals surface area contributed by atoms with Gasteiger partial charge in [-0.1, -0.05) is 23.7 Å². The van der Waals surface area contributed by atoms with Gasteiger partial charge in [-0.2, -0.15) is 23.1 Å². The molecule has 3 aromatic rings. The molecule has 0 saturated carbocycles. The van der Waals surface area contributed by atoms with Gasteiger partial charge < -0.3 is 0 Å². The number of carbonyl (C=O) groups is 1. The summed E-state index contributed by atoms with van der Waals surface area (Å²) in [6.45, 7) is 1.17. The maximum Gasteiger partial charge on any atom is 0.455 e. The first-order valence-electron chi connectivity index (χ1n) is 6.95. The van der Waals surface area contributed by atoms with E-state index in [9.17, 15) is 18.0 Å². The topological polar surface area (TPSA) is 78.5 Å². The zero-order chi connectivity index (χ0) is 18.2. The van der Waals surface area contributed by atoms with Gasteiger partial charge in [0.15, 0.2) is 5.78 Å². The highest BCUT2D eigenvalue weighted by atomic mass is 35.5. The smallest absolute Gasteiger partial charge is 0.293 e. The fourth-order valence-electron chi connectivity index (χ4n) is 2.13. The van der Waals surface area contributed by atoms with Crippen molar-refractivity contribution in [2.75, 3.05) is 0 Å². The summed E-state index contributed by atoms with van der Waals surface area (Å²) in [7, 11) is 0. The van der Waals surface area contributed by atoms with Crippen molar-refractivity contribution in [3.05, 3.63) is 52.6 Å². The molecule has 7 nitrogen and oxygen atoms in total. The lowest BCUT2D eigenvalue weighted by molar-refractivity contribution is -0.145. The minimum atomic E-state index is -4.68. The van der Waals surface area contributed by atoms with Crippen molar-refractivity contribution in [2.45, 2.75) is 19.6 Å². The molecule has 0 aliphatic rings. The first-order valence-corrected chi connectivity index (χ1v) is 7.33. The normalized spacial score (nSPS) is 11.7. The number of Topliss-reactive ketones (excluding diaryl/α,β-unsaturated/α-hetero) is 1. The maximum absolute atomic E-state index is 12.5. The Kier molecular flexibility index (Phi) is 4.29. The lowest BCUT2D eigenvalue weighted by atomic mass is 10.2. The predicted octanol–water partition coefficient (Wildman–Crippen LogP) is 2.78. The molecule has 0 N–H and O–H groups in total. The number of alkyl halides is 3. The fraction of sp³-hybridized carbons (Fsp3) is 0.214. The van der Waals surface area contributed by atoms with E-state index >= 15 is 0 Å². The van der Waals surface area contributed by atoms with E-state index in [2.05, 4.69) is 20.5 Å². The zero-order valence-electron chi connectivity index (χ0n) is 12.7. The largest absolute Gasteiger partial charge is 0.455 e. The number of halogens is 4. The van der Waals surface area contributed by atoms with Gasteiger partial charge in [-0.15, -0.1) is 10.2 Å². The summed E-state index contributed by atoms with van der Waals surface area (Å²) < 4.78 is 38.9. The van der Waals surface area contributed by atoms with Crippen LogP contribution in [0.3, 0.4) is 0 Å². The molecule has 0 saturated heterocycles. The van der Waals surface area contributed by atoms with Crippen molar-refractivity contribution in [1.29, 1.82) is 0 Å². The molecule has 2 heterocycles. The van der Waals surface area contributed by atoms with E-state index < -0.39 is 12.0 Å². The molecule has 0 atom stereocenters. The molecule has 0 aliphatic heterocycles. The standard InChI is InChI=1S/C14H10ClF3N6O/c1-8(25)12-6-9(7-23-21-13(19-22-23)14(16,17)18)20-24(12)11-5-3-2-4-10(11)15/h2-6H,7H2,1H3. The number of ketones is 1. The summed E-state index contributed by atoms with van der Waals surface area (Å²) in [5, 5.41) is 14.2. The SMILES string of the molecule is CC(=O)c1cc(Cn2nnc(C(F)(F)F)n2)nn1-c1ccccc1Cl.